The topological polar surface area (TPSA) is 38.7 Å². The molecule has 0 amide bonds. The summed E-state index contributed by atoms with van der Waals surface area (Å²) in [7, 11) is 0. The van der Waals surface area contributed by atoms with Crippen LogP contribution in [0.2, 0.25) is 0 Å². The van der Waals surface area contributed by atoms with E-state index in [1.165, 1.54) is 87.6 Å². The Balaban J connectivity index is 1.33. The molecule has 0 spiro atoms. The molecule has 10 rings (SSSR count). The van der Waals surface area contributed by atoms with Gasteiger partial charge < -0.3 is 0 Å². The van der Waals surface area contributed by atoms with E-state index < -0.39 is 0 Å². The lowest BCUT2D eigenvalue weighted by molar-refractivity contribution is 0.661. The molecule has 0 N–H and O–H groups in total. The fourth-order valence-corrected chi connectivity index (χ4v) is 8.24. The highest BCUT2D eigenvalue weighted by Crippen LogP contribution is 2.54. The first-order chi connectivity index (χ1) is 24.0. The predicted molar refractivity (Wildman–Crippen MR) is 204 cm³/mol. The minimum absolute atomic E-state index is 0.225. The van der Waals surface area contributed by atoms with Crippen molar-refractivity contribution in [2.24, 2.45) is 0 Å². The third kappa shape index (κ3) is 4.19. The van der Waals surface area contributed by atoms with E-state index in [9.17, 15) is 0 Å². The molecule has 0 fully saturated rings. The zero-order chi connectivity index (χ0) is 32.7. The van der Waals surface area contributed by atoms with Gasteiger partial charge in [-0.15, -0.1) is 0 Å². The smallest absolute Gasteiger partial charge is 0.162 e. The second kappa shape index (κ2) is 10.4. The molecule has 1 aliphatic rings. The largest absolute Gasteiger partial charge is 0.225 e. The molecule has 0 unspecified atom stereocenters. The van der Waals surface area contributed by atoms with Gasteiger partial charge >= 0.3 is 0 Å². The fourth-order valence-electron chi connectivity index (χ4n) is 8.24. The first kappa shape index (κ1) is 27.9. The quantitative estimate of drug-likeness (QED) is 0.183. The molecule has 8 aromatic carbocycles. The van der Waals surface area contributed by atoms with Crippen LogP contribution in [0.25, 0.3) is 87.9 Å². The van der Waals surface area contributed by atoms with E-state index in [0.29, 0.717) is 5.82 Å². The minimum atomic E-state index is -0.225. The number of fused-ring (bicyclic) bond motifs is 7. The second-order valence-electron chi connectivity index (χ2n) is 13.7. The Labute approximate surface area is 284 Å². The van der Waals surface area contributed by atoms with E-state index in [4.69, 9.17) is 0 Å². The van der Waals surface area contributed by atoms with Crippen molar-refractivity contribution in [3.63, 3.8) is 0 Å². The number of hydrogen-bond acceptors (Lipinski definition) is 3. The minimum Gasteiger partial charge on any atom is -0.225 e. The fraction of sp³-hybridized carbons (Fsp3) is 0.0652. The molecule has 9 aromatic rings. The molecule has 230 valence electrons. The average Bonchev–Trinajstić information content (AvgIpc) is 3.37. The Morgan fingerprint density at radius 1 is 0.408 bits per heavy atom. The molecule has 1 aromatic heterocycles. The normalized spacial score (nSPS) is 13.3. The number of aromatic nitrogens is 3. The van der Waals surface area contributed by atoms with Gasteiger partial charge in [-0.3, -0.25) is 0 Å². The maximum Gasteiger partial charge on any atom is 0.162 e. The lowest BCUT2D eigenvalue weighted by atomic mass is 9.79. The van der Waals surface area contributed by atoms with Crippen LogP contribution in [0.5, 0.6) is 0 Å². The molecule has 0 bridgehead atoms. The van der Waals surface area contributed by atoms with Crippen molar-refractivity contribution >= 4 is 43.1 Å². The summed E-state index contributed by atoms with van der Waals surface area (Å²) in [5.41, 5.74) is 11.0. The standard InChI is InChI=1S/C46H31N3/c1-46(2)41-23-34(45-48-26-47-27-49-45)19-20-35(41)38-24-39-40(25-42(38)46)44(33-18-16-29-10-4-6-12-31(29)22-33)37-14-8-7-13-36(37)43(39)32-17-15-28-9-3-5-11-30(28)21-32/h3-27H,1-2H3. The van der Waals surface area contributed by atoms with Crippen LogP contribution in [0, 0.1) is 0 Å². The van der Waals surface area contributed by atoms with Crippen molar-refractivity contribution in [1.82, 2.24) is 15.0 Å². The van der Waals surface area contributed by atoms with E-state index >= 15 is 0 Å². The third-order valence-corrected chi connectivity index (χ3v) is 10.6. The average molecular weight is 626 g/mol. The van der Waals surface area contributed by atoms with Gasteiger partial charge in [-0.05, 0) is 118 Å². The van der Waals surface area contributed by atoms with Gasteiger partial charge in [0.2, 0.25) is 0 Å². The summed E-state index contributed by atoms with van der Waals surface area (Å²) < 4.78 is 0. The second-order valence-corrected chi connectivity index (χ2v) is 13.7. The van der Waals surface area contributed by atoms with E-state index in [0.717, 1.165) is 5.56 Å². The number of hydrogen-bond donors (Lipinski definition) is 0. The Kier molecular flexibility index (Phi) is 5.92. The van der Waals surface area contributed by atoms with Gasteiger partial charge in [0.05, 0.1) is 0 Å². The number of rotatable bonds is 3. The van der Waals surface area contributed by atoms with E-state index in [-0.39, 0.29) is 5.41 Å². The van der Waals surface area contributed by atoms with Crippen LogP contribution in [0.15, 0.2) is 152 Å². The third-order valence-electron chi connectivity index (χ3n) is 10.6. The predicted octanol–water partition coefficient (Wildman–Crippen LogP) is 11.8. The monoisotopic (exact) mass is 625 g/mol. The van der Waals surface area contributed by atoms with Crippen LogP contribution in [0.1, 0.15) is 25.0 Å². The van der Waals surface area contributed by atoms with Gasteiger partial charge in [-0.1, -0.05) is 123 Å². The van der Waals surface area contributed by atoms with Crippen molar-refractivity contribution in [2.75, 3.05) is 0 Å². The first-order valence-electron chi connectivity index (χ1n) is 16.8. The van der Waals surface area contributed by atoms with E-state index in [1.54, 1.807) is 12.7 Å². The van der Waals surface area contributed by atoms with Crippen molar-refractivity contribution < 1.29 is 0 Å². The number of nitrogens with zero attached hydrogens (tertiary/aromatic N) is 3. The molecule has 3 nitrogen and oxygen atoms in total. The van der Waals surface area contributed by atoms with Gasteiger partial charge in [0.25, 0.3) is 0 Å². The molecular formula is C46H31N3. The SMILES string of the molecule is CC1(C)c2cc(-c3ncncn3)ccc2-c2cc3c(-c4ccc5ccccc5c4)c4ccccc4c(-c4ccc5ccccc5c4)c3cc21. The van der Waals surface area contributed by atoms with Gasteiger partial charge in [-0.2, -0.15) is 0 Å². The lowest BCUT2D eigenvalue weighted by Crippen LogP contribution is -2.15. The first-order valence-corrected chi connectivity index (χ1v) is 16.8. The van der Waals surface area contributed by atoms with Gasteiger partial charge in [-0.25, -0.2) is 15.0 Å². The van der Waals surface area contributed by atoms with Crippen LogP contribution < -0.4 is 0 Å². The molecule has 0 aliphatic heterocycles. The van der Waals surface area contributed by atoms with Crippen LogP contribution in [-0.2, 0) is 5.41 Å². The van der Waals surface area contributed by atoms with Crippen molar-refractivity contribution in [3.8, 4) is 44.8 Å². The maximum absolute atomic E-state index is 4.46. The molecule has 1 heterocycles. The highest BCUT2D eigenvalue weighted by molar-refractivity contribution is 6.23. The van der Waals surface area contributed by atoms with Gasteiger partial charge in [0.1, 0.15) is 12.7 Å². The van der Waals surface area contributed by atoms with Crippen molar-refractivity contribution in [1.29, 1.82) is 0 Å². The summed E-state index contributed by atoms with van der Waals surface area (Å²) in [5, 5.41) is 10.0. The van der Waals surface area contributed by atoms with Gasteiger partial charge in [0.15, 0.2) is 5.82 Å². The highest BCUT2D eigenvalue weighted by Gasteiger charge is 2.37. The summed E-state index contributed by atoms with van der Waals surface area (Å²) in [4.78, 5) is 13.0. The van der Waals surface area contributed by atoms with Crippen LogP contribution in [-0.4, -0.2) is 15.0 Å². The molecule has 1 aliphatic carbocycles. The molecule has 0 radical (unpaired) electrons. The molecule has 0 saturated heterocycles. The number of benzene rings is 8. The lowest BCUT2D eigenvalue weighted by Gasteiger charge is -2.24. The molecule has 49 heavy (non-hydrogen) atoms. The molecule has 0 atom stereocenters. The Morgan fingerprint density at radius 2 is 0.918 bits per heavy atom. The van der Waals surface area contributed by atoms with Crippen LogP contribution in [0.3, 0.4) is 0 Å². The maximum atomic E-state index is 4.46. The Bertz CT molecular complexity index is 2800. The molecule has 0 saturated carbocycles. The van der Waals surface area contributed by atoms with Crippen molar-refractivity contribution in [2.45, 2.75) is 19.3 Å². The molecule has 3 heteroatoms. The summed E-state index contributed by atoms with van der Waals surface area (Å²) in [6.07, 6.45) is 3.13. The van der Waals surface area contributed by atoms with Crippen LogP contribution >= 0.6 is 0 Å². The van der Waals surface area contributed by atoms with E-state index in [1.807, 2.05) is 0 Å². The van der Waals surface area contributed by atoms with E-state index in [2.05, 4.69) is 168 Å². The highest BCUT2D eigenvalue weighted by atomic mass is 15.0. The summed E-state index contributed by atoms with van der Waals surface area (Å²) in [6.45, 7) is 4.70. The van der Waals surface area contributed by atoms with Crippen LogP contribution in [0.4, 0.5) is 0 Å². The Hall–Kier alpha value is -6.19. The van der Waals surface area contributed by atoms with Gasteiger partial charge in [0, 0.05) is 11.0 Å². The zero-order valence-electron chi connectivity index (χ0n) is 27.3. The summed E-state index contributed by atoms with van der Waals surface area (Å²) in [5.74, 6) is 0.693. The molecular weight excluding hydrogens is 595 g/mol. The zero-order valence-corrected chi connectivity index (χ0v) is 27.3. The summed E-state index contributed by atoms with van der Waals surface area (Å²) in [6, 6.07) is 51.7. The Morgan fingerprint density at radius 3 is 1.53 bits per heavy atom. The summed E-state index contributed by atoms with van der Waals surface area (Å²) >= 11 is 0. The van der Waals surface area contributed by atoms with Crippen molar-refractivity contribution in [3.05, 3.63) is 163 Å².